The van der Waals surface area contributed by atoms with Gasteiger partial charge < -0.3 is 4.90 Å². The molecule has 0 spiro atoms. The third-order valence-corrected chi connectivity index (χ3v) is 3.61. The van der Waals surface area contributed by atoms with Gasteiger partial charge in [0, 0.05) is 23.7 Å². The zero-order chi connectivity index (χ0) is 10.4. The number of rotatable bonds is 1. The Morgan fingerprint density at radius 3 is 2.40 bits per heavy atom. The number of nitrogens with zero attached hydrogens (tertiary/aromatic N) is 1. The van der Waals surface area contributed by atoms with Crippen LogP contribution in [-0.2, 0) is 0 Å². The van der Waals surface area contributed by atoms with E-state index >= 15 is 0 Å². The molecule has 2 atom stereocenters. The van der Waals surface area contributed by atoms with Gasteiger partial charge in [0.1, 0.15) is 0 Å². The SMILES string of the molecule is O=C(c1ccc(Cl)cc1)N1CC2CC2C1. The van der Waals surface area contributed by atoms with Crippen LogP contribution in [0.5, 0.6) is 0 Å². The average molecular weight is 222 g/mol. The summed E-state index contributed by atoms with van der Waals surface area (Å²) in [6.45, 7) is 1.90. The third-order valence-electron chi connectivity index (χ3n) is 3.36. The number of hydrogen-bond acceptors (Lipinski definition) is 1. The Morgan fingerprint density at radius 2 is 1.80 bits per heavy atom. The van der Waals surface area contributed by atoms with Gasteiger partial charge in [-0.15, -0.1) is 0 Å². The lowest BCUT2D eigenvalue weighted by Crippen LogP contribution is -2.30. The van der Waals surface area contributed by atoms with Crippen molar-refractivity contribution in [1.82, 2.24) is 4.90 Å². The molecule has 0 aromatic heterocycles. The maximum atomic E-state index is 12.0. The first kappa shape index (κ1) is 9.22. The molecule has 0 N–H and O–H groups in total. The molecule has 1 saturated carbocycles. The van der Waals surface area contributed by atoms with Crippen molar-refractivity contribution in [2.24, 2.45) is 11.8 Å². The van der Waals surface area contributed by atoms with E-state index in [4.69, 9.17) is 11.6 Å². The fourth-order valence-corrected chi connectivity index (χ4v) is 2.47. The molecular formula is C12H12ClNO. The summed E-state index contributed by atoms with van der Waals surface area (Å²) in [4.78, 5) is 14.0. The predicted molar refractivity (Wildman–Crippen MR) is 59.0 cm³/mol. The lowest BCUT2D eigenvalue weighted by atomic mass is 10.2. The van der Waals surface area contributed by atoms with Crippen LogP contribution in [0, 0.1) is 11.8 Å². The lowest BCUT2D eigenvalue weighted by Gasteiger charge is -2.17. The second kappa shape index (κ2) is 3.24. The minimum absolute atomic E-state index is 0.152. The number of halogens is 1. The highest BCUT2D eigenvalue weighted by Gasteiger charge is 2.46. The molecular weight excluding hydrogens is 210 g/mol. The molecule has 2 nitrogen and oxygen atoms in total. The Morgan fingerprint density at radius 1 is 1.20 bits per heavy atom. The number of carbonyl (C=O) groups is 1. The van der Waals surface area contributed by atoms with E-state index in [2.05, 4.69) is 0 Å². The molecule has 1 amide bonds. The first-order chi connectivity index (χ1) is 7.24. The summed E-state index contributed by atoms with van der Waals surface area (Å²) in [6, 6.07) is 7.14. The van der Waals surface area contributed by atoms with Crippen molar-refractivity contribution in [1.29, 1.82) is 0 Å². The fraction of sp³-hybridized carbons (Fsp3) is 0.417. The molecule has 1 aliphatic heterocycles. The number of fused-ring (bicyclic) bond motifs is 1. The van der Waals surface area contributed by atoms with Crippen molar-refractivity contribution in [3.63, 3.8) is 0 Å². The smallest absolute Gasteiger partial charge is 0.253 e. The molecule has 1 saturated heterocycles. The van der Waals surface area contributed by atoms with Crippen molar-refractivity contribution in [2.45, 2.75) is 6.42 Å². The molecule has 0 radical (unpaired) electrons. The molecule has 1 aliphatic carbocycles. The molecule has 2 unspecified atom stereocenters. The second-order valence-electron chi connectivity index (χ2n) is 4.47. The number of amides is 1. The Kier molecular flexibility index (Phi) is 1.99. The van der Waals surface area contributed by atoms with Crippen molar-refractivity contribution in [2.75, 3.05) is 13.1 Å². The largest absolute Gasteiger partial charge is 0.338 e. The molecule has 3 rings (SSSR count). The zero-order valence-corrected chi connectivity index (χ0v) is 9.07. The van der Waals surface area contributed by atoms with E-state index in [1.54, 1.807) is 24.3 Å². The average Bonchev–Trinajstić information content (AvgIpc) is 2.86. The van der Waals surface area contributed by atoms with Crippen LogP contribution in [0.3, 0.4) is 0 Å². The number of likely N-dealkylation sites (tertiary alicyclic amines) is 1. The number of carbonyl (C=O) groups excluding carboxylic acids is 1. The first-order valence-corrected chi connectivity index (χ1v) is 5.66. The van der Waals surface area contributed by atoms with Crippen LogP contribution in [0.2, 0.25) is 5.02 Å². The molecule has 0 bridgehead atoms. The summed E-state index contributed by atoms with van der Waals surface area (Å²) in [5.74, 6) is 1.74. The molecule has 78 valence electrons. The summed E-state index contributed by atoms with van der Waals surface area (Å²) < 4.78 is 0. The zero-order valence-electron chi connectivity index (χ0n) is 8.32. The Hall–Kier alpha value is -1.02. The van der Waals surface area contributed by atoms with E-state index in [1.807, 2.05) is 4.90 Å². The Bertz CT molecular complexity index is 391. The molecule has 3 heteroatoms. The van der Waals surface area contributed by atoms with Crippen LogP contribution < -0.4 is 0 Å². The van der Waals surface area contributed by atoms with E-state index in [0.717, 1.165) is 30.5 Å². The summed E-state index contributed by atoms with van der Waals surface area (Å²) >= 11 is 5.78. The summed E-state index contributed by atoms with van der Waals surface area (Å²) in [6.07, 6.45) is 1.32. The van der Waals surface area contributed by atoms with E-state index in [0.29, 0.717) is 5.02 Å². The number of piperidine rings is 1. The second-order valence-corrected chi connectivity index (χ2v) is 4.91. The van der Waals surface area contributed by atoms with Crippen molar-refractivity contribution in [3.8, 4) is 0 Å². The predicted octanol–water partition coefficient (Wildman–Crippen LogP) is 2.43. The van der Waals surface area contributed by atoms with Crippen LogP contribution in [0.4, 0.5) is 0 Å². The molecule has 2 aliphatic rings. The number of hydrogen-bond donors (Lipinski definition) is 0. The maximum Gasteiger partial charge on any atom is 0.253 e. The first-order valence-electron chi connectivity index (χ1n) is 5.29. The van der Waals surface area contributed by atoms with Gasteiger partial charge in [-0.3, -0.25) is 4.79 Å². The topological polar surface area (TPSA) is 20.3 Å². The summed E-state index contributed by atoms with van der Waals surface area (Å²) in [5.41, 5.74) is 0.751. The van der Waals surface area contributed by atoms with Gasteiger partial charge in [-0.05, 0) is 42.5 Å². The third kappa shape index (κ3) is 1.63. The van der Waals surface area contributed by atoms with Crippen molar-refractivity contribution in [3.05, 3.63) is 34.9 Å². The maximum absolute atomic E-state index is 12.0. The number of benzene rings is 1. The highest BCUT2D eigenvalue weighted by molar-refractivity contribution is 6.30. The molecule has 1 heterocycles. The molecule has 1 aromatic rings. The van der Waals surface area contributed by atoms with Gasteiger partial charge in [-0.25, -0.2) is 0 Å². The lowest BCUT2D eigenvalue weighted by molar-refractivity contribution is 0.0775. The summed E-state index contributed by atoms with van der Waals surface area (Å²) in [7, 11) is 0. The van der Waals surface area contributed by atoms with Crippen LogP contribution in [-0.4, -0.2) is 23.9 Å². The highest BCUT2D eigenvalue weighted by atomic mass is 35.5. The van der Waals surface area contributed by atoms with Crippen LogP contribution in [0.1, 0.15) is 16.8 Å². The van der Waals surface area contributed by atoms with Crippen LogP contribution >= 0.6 is 11.6 Å². The minimum atomic E-state index is 0.152. The standard InChI is InChI=1S/C12H12ClNO/c13-11-3-1-8(2-4-11)12(15)14-6-9-5-10(9)7-14/h1-4,9-10H,5-7H2. The van der Waals surface area contributed by atoms with Gasteiger partial charge >= 0.3 is 0 Å². The van der Waals surface area contributed by atoms with Gasteiger partial charge in [0.2, 0.25) is 0 Å². The molecule has 1 aromatic carbocycles. The van der Waals surface area contributed by atoms with Gasteiger partial charge in [0.05, 0.1) is 0 Å². The van der Waals surface area contributed by atoms with E-state index in [1.165, 1.54) is 6.42 Å². The van der Waals surface area contributed by atoms with Crippen molar-refractivity contribution >= 4 is 17.5 Å². The van der Waals surface area contributed by atoms with Gasteiger partial charge in [0.15, 0.2) is 0 Å². The monoisotopic (exact) mass is 221 g/mol. The van der Waals surface area contributed by atoms with E-state index in [-0.39, 0.29) is 5.91 Å². The van der Waals surface area contributed by atoms with Gasteiger partial charge in [0.25, 0.3) is 5.91 Å². The van der Waals surface area contributed by atoms with E-state index < -0.39 is 0 Å². The normalized spacial score (nSPS) is 27.7. The molecule has 15 heavy (non-hydrogen) atoms. The fourth-order valence-electron chi connectivity index (χ4n) is 2.34. The summed E-state index contributed by atoms with van der Waals surface area (Å²) in [5, 5.41) is 0.677. The Labute approximate surface area is 93.8 Å². The van der Waals surface area contributed by atoms with Gasteiger partial charge in [-0.2, -0.15) is 0 Å². The van der Waals surface area contributed by atoms with Crippen LogP contribution in [0.25, 0.3) is 0 Å². The van der Waals surface area contributed by atoms with E-state index in [9.17, 15) is 4.79 Å². The van der Waals surface area contributed by atoms with Crippen molar-refractivity contribution < 1.29 is 4.79 Å². The van der Waals surface area contributed by atoms with Crippen LogP contribution in [0.15, 0.2) is 24.3 Å². The van der Waals surface area contributed by atoms with Gasteiger partial charge in [-0.1, -0.05) is 11.6 Å². The minimum Gasteiger partial charge on any atom is -0.338 e. The quantitative estimate of drug-likeness (QED) is 0.713. The Balaban J connectivity index is 1.76. The highest BCUT2D eigenvalue weighted by Crippen LogP contribution is 2.45. The molecule has 2 fully saturated rings.